The van der Waals surface area contributed by atoms with Crippen LogP contribution in [0.15, 0.2) is 35.7 Å². The molecule has 0 saturated carbocycles. The first-order valence-electron chi connectivity index (χ1n) is 9.14. The molecule has 0 bridgehead atoms. The van der Waals surface area contributed by atoms with Crippen molar-refractivity contribution in [3.63, 3.8) is 0 Å². The fourth-order valence-corrected chi connectivity index (χ4v) is 3.91. The number of hydrogen-bond acceptors (Lipinski definition) is 7. The third-order valence-corrected chi connectivity index (χ3v) is 5.62. The van der Waals surface area contributed by atoms with Crippen LogP contribution in [0.5, 0.6) is 5.75 Å². The Balaban J connectivity index is 1.44. The number of methoxy groups -OCH3 is 1. The third-order valence-electron chi connectivity index (χ3n) is 4.76. The molecule has 0 atom stereocenters. The first-order chi connectivity index (χ1) is 13.5. The van der Waals surface area contributed by atoms with Crippen molar-refractivity contribution >= 4 is 28.6 Å². The molecule has 0 radical (unpaired) electrons. The predicted molar refractivity (Wildman–Crippen MR) is 109 cm³/mol. The molecule has 1 aliphatic heterocycles. The van der Waals surface area contributed by atoms with Crippen LogP contribution in [0.3, 0.4) is 0 Å². The summed E-state index contributed by atoms with van der Waals surface area (Å²) >= 11 is 1.77. The lowest BCUT2D eigenvalue weighted by Gasteiger charge is -2.34. The van der Waals surface area contributed by atoms with Gasteiger partial charge in [-0.2, -0.15) is 0 Å². The van der Waals surface area contributed by atoms with Crippen molar-refractivity contribution in [1.29, 1.82) is 0 Å². The van der Waals surface area contributed by atoms with Crippen LogP contribution in [0, 0.1) is 10.1 Å². The standard InChI is InChI=1S/C19H24N4O4S/c1-27-15-4-5-17(18(13-15)23(25)26)20-19(24)6-7-21-8-10-22(11-9-21)14-16-3-2-12-28-16/h2-5,12-13H,6-11,14H2,1H3,(H,20,24). The molecule has 1 aromatic heterocycles. The number of benzene rings is 1. The van der Waals surface area contributed by atoms with Gasteiger partial charge in [0.2, 0.25) is 5.91 Å². The molecule has 1 saturated heterocycles. The second kappa shape index (κ2) is 9.63. The normalized spacial score (nSPS) is 15.3. The maximum atomic E-state index is 12.3. The van der Waals surface area contributed by atoms with E-state index in [-0.39, 0.29) is 17.3 Å². The van der Waals surface area contributed by atoms with E-state index >= 15 is 0 Å². The van der Waals surface area contributed by atoms with E-state index in [1.54, 1.807) is 17.4 Å². The molecule has 3 rings (SSSR count). The van der Waals surface area contributed by atoms with Crippen LogP contribution in [0.25, 0.3) is 0 Å². The number of anilines is 1. The Kier molecular flexibility index (Phi) is 6.96. The zero-order valence-electron chi connectivity index (χ0n) is 15.8. The molecule has 28 heavy (non-hydrogen) atoms. The molecular formula is C19H24N4O4S. The average molecular weight is 404 g/mol. The molecule has 0 spiro atoms. The average Bonchev–Trinajstić information content (AvgIpc) is 3.20. The number of thiophene rings is 1. The summed E-state index contributed by atoms with van der Waals surface area (Å²) in [5.74, 6) is 0.152. The number of carbonyl (C=O) groups excluding carboxylic acids is 1. The van der Waals surface area contributed by atoms with Crippen molar-refractivity contribution in [2.45, 2.75) is 13.0 Å². The molecular weight excluding hydrogens is 380 g/mol. The third kappa shape index (κ3) is 5.51. The van der Waals surface area contributed by atoms with Gasteiger partial charge in [0.25, 0.3) is 5.69 Å². The molecule has 0 aliphatic carbocycles. The first kappa shape index (κ1) is 20.2. The van der Waals surface area contributed by atoms with Gasteiger partial charge in [0.15, 0.2) is 0 Å². The van der Waals surface area contributed by atoms with Gasteiger partial charge in [0.1, 0.15) is 11.4 Å². The lowest BCUT2D eigenvalue weighted by Crippen LogP contribution is -2.46. The molecule has 1 N–H and O–H groups in total. The fraction of sp³-hybridized carbons (Fsp3) is 0.421. The molecule has 9 heteroatoms. The molecule has 2 heterocycles. The molecule has 1 aliphatic rings. The molecule has 2 aromatic rings. The summed E-state index contributed by atoms with van der Waals surface area (Å²) in [6, 6.07) is 8.62. The number of ether oxygens (including phenoxy) is 1. The van der Waals surface area contributed by atoms with Gasteiger partial charge in [-0.15, -0.1) is 11.3 Å². The van der Waals surface area contributed by atoms with E-state index in [1.165, 1.54) is 24.1 Å². The van der Waals surface area contributed by atoms with Crippen LogP contribution in [-0.2, 0) is 11.3 Å². The molecule has 1 aromatic carbocycles. The van der Waals surface area contributed by atoms with Gasteiger partial charge in [0, 0.05) is 50.6 Å². The van der Waals surface area contributed by atoms with E-state index in [0.717, 1.165) is 32.7 Å². The highest BCUT2D eigenvalue weighted by Gasteiger charge is 2.20. The van der Waals surface area contributed by atoms with Gasteiger partial charge in [-0.3, -0.25) is 19.8 Å². The van der Waals surface area contributed by atoms with E-state index in [4.69, 9.17) is 4.74 Å². The number of piperazine rings is 1. The number of carbonyl (C=O) groups is 1. The number of nitro groups is 1. The monoisotopic (exact) mass is 404 g/mol. The molecule has 0 unspecified atom stereocenters. The molecule has 8 nitrogen and oxygen atoms in total. The lowest BCUT2D eigenvalue weighted by atomic mass is 10.2. The zero-order valence-corrected chi connectivity index (χ0v) is 16.6. The van der Waals surface area contributed by atoms with Gasteiger partial charge in [-0.25, -0.2) is 0 Å². The van der Waals surface area contributed by atoms with Crippen LogP contribution < -0.4 is 10.1 Å². The van der Waals surface area contributed by atoms with Crippen molar-refractivity contribution in [2.24, 2.45) is 0 Å². The van der Waals surface area contributed by atoms with E-state index in [1.807, 2.05) is 0 Å². The van der Waals surface area contributed by atoms with Crippen LogP contribution in [0.1, 0.15) is 11.3 Å². The summed E-state index contributed by atoms with van der Waals surface area (Å²) < 4.78 is 5.01. The Morgan fingerprint density at radius 1 is 1.25 bits per heavy atom. The number of nitrogens with zero attached hydrogens (tertiary/aromatic N) is 3. The number of nitrogens with one attached hydrogen (secondary N) is 1. The van der Waals surface area contributed by atoms with Crippen molar-refractivity contribution in [3.8, 4) is 5.75 Å². The minimum atomic E-state index is -0.523. The largest absolute Gasteiger partial charge is 0.496 e. The minimum Gasteiger partial charge on any atom is -0.496 e. The Bertz CT molecular complexity index is 804. The Morgan fingerprint density at radius 2 is 2.00 bits per heavy atom. The van der Waals surface area contributed by atoms with E-state index in [0.29, 0.717) is 18.7 Å². The summed E-state index contributed by atoms with van der Waals surface area (Å²) in [6.45, 7) is 5.41. The van der Waals surface area contributed by atoms with Crippen LogP contribution >= 0.6 is 11.3 Å². The van der Waals surface area contributed by atoms with Crippen LogP contribution in [0.4, 0.5) is 11.4 Å². The Labute approximate surface area is 167 Å². The minimum absolute atomic E-state index is 0.171. The number of amides is 1. The maximum Gasteiger partial charge on any atom is 0.296 e. The number of rotatable bonds is 8. The van der Waals surface area contributed by atoms with E-state index < -0.39 is 4.92 Å². The van der Waals surface area contributed by atoms with Crippen molar-refractivity contribution in [3.05, 3.63) is 50.7 Å². The SMILES string of the molecule is COc1ccc(NC(=O)CCN2CCN(Cc3cccs3)CC2)c([N+](=O)[O-])c1. The lowest BCUT2D eigenvalue weighted by molar-refractivity contribution is -0.384. The van der Waals surface area contributed by atoms with Crippen LogP contribution in [0.2, 0.25) is 0 Å². The summed E-state index contributed by atoms with van der Waals surface area (Å²) in [4.78, 5) is 29.0. The van der Waals surface area contributed by atoms with Gasteiger partial charge >= 0.3 is 0 Å². The fourth-order valence-electron chi connectivity index (χ4n) is 3.16. The van der Waals surface area contributed by atoms with Crippen molar-refractivity contribution in [1.82, 2.24) is 9.80 Å². The summed E-state index contributed by atoms with van der Waals surface area (Å²) in [7, 11) is 1.44. The van der Waals surface area contributed by atoms with Gasteiger partial charge < -0.3 is 15.0 Å². The second-order valence-electron chi connectivity index (χ2n) is 6.64. The highest BCUT2D eigenvalue weighted by molar-refractivity contribution is 7.09. The first-order valence-corrected chi connectivity index (χ1v) is 10.0. The predicted octanol–water partition coefficient (Wildman–Crippen LogP) is 2.81. The quantitative estimate of drug-likeness (QED) is 0.538. The Hall–Kier alpha value is -2.49. The number of nitro benzene ring substituents is 1. The van der Waals surface area contributed by atoms with Crippen LogP contribution in [-0.4, -0.2) is 60.5 Å². The van der Waals surface area contributed by atoms with E-state index in [9.17, 15) is 14.9 Å². The number of hydrogen-bond donors (Lipinski definition) is 1. The summed E-state index contributed by atoms with van der Waals surface area (Å²) in [5.41, 5.74) is 0.0199. The highest BCUT2D eigenvalue weighted by Crippen LogP contribution is 2.29. The van der Waals surface area contributed by atoms with Gasteiger partial charge in [-0.05, 0) is 23.6 Å². The van der Waals surface area contributed by atoms with E-state index in [2.05, 4.69) is 32.6 Å². The summed E-state index contributed by atoms with van der Waals surface area (Å²) in [6.07, 6.45) is 0.300. The highest BCUT2D eigenvalue weighted by atomic mass is 32.1. The maximum absolute atomic E-state index is 12.3. The summed E-state index contributed by atoms with van der Waals surface area (Å²) in [5, 5.41) is 16.0. The smallest absolute Gasteiger partial charge is 0.296 e. The van der Waals surface area contributed by atoms with Crippen molar-refractivity contribution < 1.29 is 14.5 Å². The van der Waals surface area contributed by atoms with Crippen molar-refractivity contribution in [2.75, 3.05) is 45.2 Å². The molecule has 1 amide bonds. The Morgan fingerprint density at radius 3 is 2.64 bits per heavy atom. The second-order valence-corrected chi connectivity index (χ2v) is 7.67. The van der Waals surface area contributed by atoms with Gasteiger partial charge in [-0.1, -0.05) is 6.07 Å². The molecule has 150 valence electrons. The topological polar surface area (TPSA) is 88.0 Å². The molecule has 1 fully saturated rings. The van der Waals surface area contributed by atoms with Gasteiger partial charge in [0.05, 0.1) is 18.1 Å². The zero-order chi connectivity index (χ0) is 19.9.